The SMILES string of the molecule is O=C(NC1CC(F)(F)C1)c1nnc(Cl)s1. The Hall–Kier alpha value is -0.820. The Labute approximate surface area is 92.6 Å². The quantitative estimate of drug-likeness (QED) is 0.873. The standard InChI is InChI=1S/C7H6ClF2N3OS/c8-6-13-12-5(15-6)4(14)11-3-1-7(9,10)2-3/h3H,1-2H2,(H,11,14). The molecule has 2 rings (SSSR count). The predicted molar refractivity (Wildman–Crippen MR) is 50.4 cm³/mol. The number of hydrogen-bond donors (Lipinski definition) is 1. The number of hydrogen-bond acceptors (Lipinski definition) is 4. The fourth-order valence-corrected chi connectivity index (χ4v) is 2.04. The molecule has 8 heteroatoms. The molecule has 1 aromatic rings. The van der Waals surface area contributed by atoms with Crippen molar-refractivity contribution in [3.8, 4) is 0 Å². The number of carbonyl (C=O) groups is 1. The van der Waals surface area contributed by atoms with Gasteiger partial charge in [-0.2, -0.15) is 0 Å². The average molecular weight is 254 g/mol. The van der Waals surface area contributed by atoms with Crippen molar-refractivity contribution in [2.45, 2.75) is 24.8 Å². The highest BCUT2D eigenvalue weighted by Crippen LogP contribution is 2.37. The normalized spacial score (nSPS) is 19.7. The topological polar surface area (TPSA) is 54.9 Å². The molecule has 1 heterocycles. The van der Waals surface area contributed by atoms with E-state index in [2.05, 4.69) is 15.5 Å². The fraction of sp³-hybridized carbons (Fsp3) is 0.571. The molecule has 1 amide bonds. The van der Waals surface area contributed by atoms with E-state index in [1.165, 1.54) is 0 Å². The zero-order chi connectivity index (χ0) is 11.1. The molecule has 1 aromatic heterocycles. The zero-order valence-corrected chi connectivity index (χ0v) is 8.91. The highest BCUT2D eigenvalue weighted by Gasteiger charge is 2.46. The molecule has 1 aliphatic rings. The van der Waals surface area contributed by atoms with E-state index in [0.717, 1.165) is 11.3 Å². The van der Waals surface area contributed by atoms with Crippen molar-refractivity contribution in [1.82, 2.24) is 15.5 Å². The van der Waals surface area contributed by atoms with Crippen molar-refractivity contribution in [2.75, 3.05) is 0 Å². The second-order valence-corrected chi connectivity index (χ2v) is 4.85. The van der Waals surface area contributed by atoms with Crippen LogP contribution in [0.5, 0.6) is 0 Å². The number of nitrogens with zero attached hydrogens (tertiary/aromatic N) is 2. The molecule has 1 fully saturated rings. The molecule has 15 heavy (non-hydrogen) atoms. The second kappa shape index (κ2) is 3.64. The van der Waals surface area contributed by atoms with Crippen molar-refractivity contribution in [1.29, 1.82) is 0 Å². The van der Waals surface area contributed by atoms with E-state index in [1.54, 1.807) is 0 Å². The molecule has 0 atom stereocenters. The van der Waals surface area contributed by atoms with E-state index in [-0.39, 0.29) is 22.3 Å². The van der Waals surface area contributed by atoms with Gasteiger partial charge in [-0.3, -0.25) is 4.79 Å². The summed E-state index contributed by atoms with van der Waals surface area (Å²) in [6.07, 6.45) is -0.628. The predicted octanol–water partition coefficient (Wildman–Crippen LogP) is 1.72. The first-order valence-corrected chi connectivity index (χ1v) is 5.33. The van der Waals surface area contributed by atoms with Crippen LogP contribution in [0, 0.1) is 0 Å². The van der Waals surface area contributed by atoms with Crippen LogP contribution in [0.3, 0.4) is 0 Å². The molecule has 0 unspecified atom stereocenters. The Bertz CT molecular complexity index is 389. The summed E-state index contributed by atoms with van der Waals surface area (Å²) in [5.74, 6) is -3.14. The van der Waals surface area contributed by atoms with Crippen LogP contribution in [-0.2, 0) is 0 Å². The van der Waals surface area contributed by atoms with Crippen LogP contribution >= 0.6 is 22.9 Å². The largest absolute Gasteiger partial charge is 0.347 e. The minimum Gasteiger partial charge on any atom is -0.347 e. The lowest BCUT2D eigenvalue weighted by molar-refractivity contribution is -0.0901. The maximum atomic E-state index is 12.4. The number of carbonyl (C=O) groups excluding carboxylic acids is 1. The Morgan fingerprint density at radius 1 is 1.53 bits per heavy atom. The summed E-state index contributed by atoms with van der Waals surface area (Å²) in [6, 6.07) is -0.477. The van der Waals surface area contributed by atoms with Gasteiger partial charge in [0.1, 0.15) is 0 Å². The molecule has 4 nitrogen and oxygen atoms in total. The number of rotatable bonds is 2. The minimum absolute atomic E-state index is 0.0928. The molecule has 0 saturated heterocycles. The van der Waals surface area contributed by atoms with Gasteiger partial charge in [0.15, 0.2) is 0 Å². The number of halogens is 3. The third-order valence-electron chi connectivity index (χ3n) is 2.02. The van der Waals surface area contributed by atoms with Gasteiger partial charge in [0.25, 0.3) is 11.8 Å². The van der Waals surface area contributed by atoms with Gasteiger partial charge in [0.05, 0.1) is 0 Å². The number of amides is 1. The van der Waals surface area contributed by atoms with Crippen molar-refractivity contribution in [3.63, 3.8) is 0 Å². The van der Waals surface area contributed by atoms with Crippen LogP contribution in [0.4, 0.5) is 8.78 Å². The first-order chi connectivity index (χ1) is 6.96. The van der Waals surface area contributed by atoms with Crippen LogP contribution in [-0.4, -0.2) is 28.1 Å². The van der Waals surface area contributed by atoms with Crippen molar-refractivity contribution >= 4 is 28.8 Å². The molecular formula is C7H6ClF2N3OS. The first-order valence-electron chi connectivity index (χ1n) is 4.14. The maximum Gasteiger partial charge on any atom is 0.282 e. The molecule has 0 bridgehead atoms. The van der Waals surface area contributed by atoms with Gasteiger partial charge in [0, 0.05) is 18.9 Å². The van der Waals surface area contributed by atoms with Gasteiger partial charge < -0.3 is 5.32 Å². The summed E-state index contributed by atoms with van der Waals surface area (Å²) >= 11 is 6.40. The molecule has 0 radical (unpaired) electrons. The zero-order valence-electron chi connectivity index (χ0n) is 7.34. The van der Waals surface area contributed by atoms with Crippen LogP contribution in [0.2, 0.25) is 4.47 Å². The third-order valence-corrected chi connectivity index (χ3v) is 3.04. The van der Waals surface area contributed by atoms with Crippen LogP contribution in [0.1, 0.15) is 22.6 Å². The van der Waals surface area contributed by atoms with Crippen molar-refractivity contribution in [3.05, 3.63) is 9.47 Å². The lowest BCUT2D eigenvalue weighted by Gasteiger charge is -2.34. The second-order valence-electron chi connectivity index (χ2n) is 3.29. The van der Waals surface area contributed by atoms with E-state index < -0.39 is 17.9 Å². The molecule has 0 aliphatic heterocycles. The summed E-state index contributed by atoms with van der Waals surface area (Å²) in [5, 5.41) is 9.47. The van der Waals surface area contributed by atoms with Gasteiger partial charge in [-0.05, 0) is 11.6 Å². The van der Waals surface area contributed by atoms with Crippen molar-refractivity contribution in [2.24, 2.45) is 0 Å². The summed E-state index contributed by atoms with van der Waals surface area (Å²) in [5.41, 5.74) is 0. The van der Waals surface area contributed by atoms with Crippen LogP contribution in [0.25, 0.3) is 0 Å². The Kier molecular flexibility index (Phi) is 2.59. The van der Waals surface area contributed by atoms with E-state index in [4.69, 9.17) is 11.6 Å². The molecule has 1 aliphatic carbocycles. The monoisotopic (exact) mass is 253 g/mol. The first kappa shape index (κ1) is 10.7. The third kappa shape index (κ3) is 2.40. The van der Waals surface area contributed by atoms with Gasteiger partial charge in [-0.25, -0.2) is 8.78 Å². The Balaban J connectivity index is 1.89. The highest BCUT2D eigenvalue weighted by molar-refractivity contribution is 7.17. The molecule has 0 spiro atoms. The highest BCUT2D eigenvalue weighted by atomic mass is 35.5. The van der Waals surface area contributed by atoms with Crippen LogP contribution < -0.4 is 5.32 Å². The summed E-state index contributed by atoms with van der Waals surface area (Å²) in [6.45, 7) is 0. The number of aromatic nitrogens is 2. The number of nitrogens with one attached hydrogen (secondary N) is 1. The van der Waals surface area contributed by atoms with Gasteiger partial charge in [0.2, 0.25) is 9.47 Å². The summed E-state index contributed by atoms with van der Waals surface area (Å²) in [4.78, 5) is 11.4. The van der Waals surface area contributed by atoms with Crippen molar-refractivity contribution < 1.29 is 13.6 Å². The van der Waals surface area contributed by atoms with E-state index in [1.807, 2.05) is 0 Å². The van der Waals surface area contributed by atoms with E-state index in [9.17, 15) is 13.6 Å². The summed E-state index contributed by atoms with van der Waals surface area (Å²) < 4.78 is 25.0. The molecular weight excluding hydrogens is 248 g/mol. The van der Waals surface area contributed by atoms with Gasteiger partial charge in [-0.1, -0.05) is 11.3 Å². The average Bonchev–Trinajstić information content (AvgIpc) is 2.48. The molecule has 82 valence electrons. The van der Waals surface area contributed by atoms with E-state index in [0.29, 0.717) is 0 Å². The molecule has 0 aromatic carbocycles. The fourth-order valence-electron chi connectivity index (χ4n) is 1.31. The molecule has 1 N–H and O–H groups in total. The summed E-state index contributed by atoms with van der Waals surface area (Å²) in [7, 11) is 0. The maximum absolute atomic E-state index is 12.4. The number of alkyl halides is 2. The van der Waals surface area contributed by atoms with Crippen LogP contribution in [0.15, 0.2) is 0 Å². The minimum atomic E-state index is -2.64. The lowest BCUT2D eigenvalue weighted by atomic mass is 9.88. The Morgan fingerprint density at radius 3 is 2.67 bits per heavy atom. The smallest absolute Gasteiger partial charge is 0.282 e. The van der Waals surface area contributed by atoms with Gasteiger partial charge >= 0.3 is 0 Å². The Morgan fingerprint density at radius 2 is 2.20 bits per heavy atom. The molecule has 1 saturated carbocycles. The van der Waals surface area contributed by atoms with Gasteiger partial charge in [-0.15, -0.1) is 10.2 Å². The van der Waals surface area contributed by atoms with E-state index >= 15 is 0 Å². The lowest BCUT2D eigenvalue weighted by Crippen LogP contribution is -2.50.